The number of fused-ring (bicyclic) bond motifs is 1. The van der Waals surface area contributed by atoms with E-state index in [9.17, 15) is 4.79 Å². The van der Waals surface area contributed by atoms with E-state index in [1.165, 1.54) is 5.69 Å². The van der Waals surface area contributed by atoms with Crippen LogP contribution in [0, 0.1) is 0 Å². The number of methoxy groups -OCH3 is 1. The van der Waals surface area contributed by atoms with Crippen LogP contribution in [0.15, 0.2) is 24.3 Å². The molecule has 6 heteroatoms. The highest BCUT2D eigenvalue weighted by Crippen LogP contribution is 2.27. The molecule has 1 aliphatic carbocycles. The Morgan fingerprint density at radius 3 is 2.82 bits per heavy atom. The number of ether oxygens (including phenoxy) is 1. The molecule has 4 rings (SSSR count). The van der Waals surface area contributed by atoms with Crippen LogP contribution in [0.4, 0.5) is 0 Å². The van der Waals surface area contributed by atoms with Gasteiger partial charge in [-0.1, -0.05) is 18.2 Å². The summed E-state index contributed by atoms with van der Waals surface area (Å²) in [5, 5.41) is 8.39. The first kappa shape index (κ1) is 19.0. The highest BCUT2D eigenvalue weighted by Gasteiger charge is 2.31. The van der Waals surface area contributed by atoms with Crippen LogP contribution in [0.5, 0.6) is 5.75 Å². The van der Waals surface area contributed by atoms with Gasteiger partial charge in [0.1, 0.15) is 5.75 Å². The number of nitrogens with one attached hydrogen (secondary N) is 1. The number of amides is 1. The van der Waals surface area contributed by atoms with E-state index in [-0.39, 0.29) is 5.91 Å². The number of nitrogens with zero attached hydrogens (tertiary/aromatic N) is 3. The maximum Gasteiger partial charge on any atom is 0.274 e. The predicted molar refractivity (Wildman–Crippen MR) is 109 cm³/mol. The van der Waals surface area contributed by atoms with Gasteiger partial charge in [0.05, 0.1) is 7.11 Å². The number of benzene rings is 1. The van der Waals surface area contributed by atoms with Crippen LogP contribution in [0.2, 0.25) is 0 Å². The molecule has 1 unspecified atom stereocenters. The molecule has 1 atom stereocenters. The zero-order chi connectivity index (χ0) is 19.5. The minimum atomic E-state index is 0.117. The standard InChI is InChI=1S/C22H30N4O2/c1-3-26-19-11-10-17(23-15-16-8-4-5-9-20(16)28-2)14-18(19)21(24-26)22(27)25-12-6-7-13-25/h4-5,8-9,17,23H,3,6-7,10-15H2,1-2H3. The van der Waals surface area contributed by atoms with Gasteiger partial charge < -0.3 is 15.0 Å². The van der Waals surface area contributed by atoms with E-state index < -0.39 is 0 Å². The van der Waals surface area contributed by atoms with Gasteiger partial charge in [0.15, 0.2) is 5.69 Å². The van der Waals surface area contributed by atoms with Crippen molar-refractivity contribution in [3.05, 3.63) is 46.8 Å². The third-order valence-corrected chi connectivity index (χ3v) is 6.02. The molecule has 1 amide bonds. The maximum atomic E-state index is 13.0. The number of aryl methyl sites for hydroxylation is 1. The lowest BCUT2D eigenvalue weighted by atomic mass is 9.91. The Bertz CT molecular complexity index is 839. The predicted octanol–water partition coefficient (Wildman–Crippen LogP) is 2.79. The molecule has 2 heterocycles. The molecule has 150 valence electrons. The van der Waals surface area contributed by atoms with Crippen molar-refractivity contribution >= 4 is 5.91 Å². The fourth-order valence-corrected chi connectivity index (χ4v) is 4.47. The lowest BCUT2D eigenvalue weighted by Gasteiger charge is -2.25. The summed E-state index contributed by atoms with van der Waals surface area (Å²) in [4.78, 5) is 15.0. The van der Waals surface area contributed by atoms with Crippen molar-refractivity contribution in [3.63, 3.8) is 0 Å². The van der Waals surface area contributed by atoms with Gasteiger partial charge in [-0.25, -0.2) is 0 Å². The second-order valence-corrected chi connectivity index (χ2v) is 7.72. The first-order valence-electron chi connectivity index (χ1n) is 10.4. The van der Waals surface area contributed by atoms with Crippen molar-refractivity contribution in [3.8, 4) is 5.75 Å². The Kier molecular flexibility index (Phi) is 5.67. The molecule has 1 N–H and O–H groups in total. The van der Waals surface area contributed by atoms with Crippen molar-refractivity contribution in [1.29, 1.82) is 0 Å². The molecule has 6 nitrogen and oxygen atoms in total. The van der Waals surface area contributed by atoms with Gasteiger partial charge in [-0.2, -0.15) is 5.10 Å². The number of likely N-dealkylation sites (tertiary alicyclic amines) is 1. The molecule has 1 aromatic heterocycles. The lowest BCUT2D eigenvalue weighted by Crippen LogP contribution is -2.35. The monoisotopic (exact) mass is 382 g/mol. The highest BCUT2D eigenvalue weighted by molar-refractivity contribution is 5.94. The number of hydrogen-bond acceptors (Lipinski definition) is 4. The van der Waals surface area contributed by atoms with Gasteiger partial charge in [0.2, 0.25) is 0 Å². The normalized spacial score (nSPS) is 18.9. The van der Waals surface area contributed by atoms with Crippen LogP contribution in [-0.2, 0) is 25.9 Å². The molecule has 0 spiro atoms. The minimum absolute atomic E-state index is 0.117. The average molecular weight is 383 g/mol. The molecule has 0 radical (unpaired) electrons. The van der Waals surface area contributed by atoms with Crippen LogP contribution in [-0.4, -0.2) is 46.8 Å². The second-order valence-electron chi connectivity index (χ2n) is 7.72. The third kappa shape index (κ3) is 3.65. The summed E-state index contributed by atoms with van der Waals surface area (Å²) >= 11 is 0. The summed E-state index contributed by atoms with van der Waals surface area (Å²) < 4.78 is 7.50. The van der Waals surface area contributed by atoms with Crippen LogP contribution < -0.4 is 10.1 Å². The summed E-state index contributed by atoms with van der Waals surface area (Å²) in [6.07, 6.45) is 5.09. The number of carbonyl (C=O) groups excluding carboxylic acids is 1. The van der Waals surface area contributed by atoms with Crippen molar-refractivity contribution in [2.75, 3.05) is 20.2 Å². The number of aromatic nitrogens is 2. The SMILES string of the molecule is CCn1nc(C(=O)N2CCCC2)c2c1CCC(NCc1ccccc1OC)C2. The van der Waals surface area contributed by atoms with Crippen LogP contribution in [0.3, 0.4) is 0 Å². The Morgan fingerprint density at radius 2 is 2.07 bits per heavy atom. The van der Waals surface area contributed by atoms with Crippen molar-refractivity contribution in [1.82, 2.24) is 20.0 Å². The number of carbonyl (C=O) groups is 1. The lowest BCUT2D eigenvalue weighted by molar-refractivity contribution is 0.0785. The van der Waals surface area contributed by atoms with E-state index in [1.807, 2.05) is 27.8 Å². The number of hydrogen-bond donors (Lipinski definition) is 1. The Hall–Kier alpha value is -2.34. The van der Waals surface area contributed by atoms with Crippen molar-refractivity contribution < 1.29 is 9.53 Å². The molecule has 2 aliphatic rings. The molecule has 1 aromatic carbocycles. The summed E-state index contributed by atoms with van der Waals surface area (Å²) in [6.45, 7) is 5.41. The molecule has 1 aliphatic heterocycles. The Morgan fingerprint density at radius 1 is 1.29 bits per heavy atom. The molecule has 1 saturated heterocycles. The van der Waals surface area contributed by atoms with E-state index in [1.54, 1.807) is 7.11 Å². The van der Waals surface area contributed by atoms with Crippen LogP contribution in [0.1, 0.15) is 53.5 Å². The van der Waals surface area contributed by atoms with Gasteiger partial charge in [0.25, 0.3) is 5.91 Å². The quantitative estimate of drug-likeness (QED) is 0.835. The maximum absolute atomic E-state index is 13.0. The smallest absolute Gasteiger partial charge is 0.274 e. The first-order chi connectivity index (χ1) is 13.7. The van der Waals surface area contributed by atoms with E-state index in [4.69, 9.17) is 9.84 Å². The van der Waals surface area contributed by atoms with Crippen molar-refractivity contribution in [2.45, 2.75) is 58.2 Å². The summed E-state index contributed by atoms with van der Waals surface area (Å²) in [5.74, 6) is 1.03. The Balaban J connectivity index is 1.50. The minimum Gasteiger partial charge on any atom is -0.496 e. The number of para-hydroxylation sites is 1. The van der Waals surface area contributed by atoms with E-state index in [2.05, 4.69) is 18.3 Å². The second kappa shape index (κ2) is 8.35. The summed E-state index contributed by atoms with van der Waals surface area (Å²) in [6, 6.07) is 8.46. The van der Waals surface area contributed by atoms with Gasteiger partial charge in [-0.3, -0.25) is 9.48 Å². The Labute approximate surface area is 166 Å². The average Bonchev–Trinajstić information content (AvgIpc) is 3.39. The molecule has 2 aromatic rings. The van der Waals surface area contributed by atoms with Crippen molar-refractivity contribution in [2.24, 2.45) is 0 Å². The topological polar surface area (TPSA) is 59.4 Å². The van der Waals surface area contributed by atoms with E-state index >= 15 is 0 Å². The van der Waals surface area contributed by atoms with E-state index in [0.29, 0.717) is 11.7 Å². The fraction of sp³-hybridized carbons (Fsp3) is 0.545. The molecular formula is C22H30N4O2. The molecule has 0 bridgehead atoms. The van der Waals surface area contributed by atoms with Gasteiger partial charge in [0, 0.05) is 49.0 Å². The summed E-state index contributed by atoms with van der Waals surface area (Å²) in [5.41, 5.74) is 4.25. The van der Waals surface area contributed by atoms with Gasteiger partial charge in [-0.15, -0.1) is 0 Å². The molecule has 1 fully saturated rings. The molecule has 0 saturated carbocycles. The number of rotatable bonds is 6. The molecular weight excluding hydrogens is 352 g/mol. The molecule has 28 heavy (non-hydrogen) atoms. The van der Waals surface area contributed by atoms with E-state index in [0.717, 1.165) is 75.2 Å². The highest BCUT2D eigenvalue weighted by atomic mass is 16.5. The fourth-order valence-electron chi connectivity index (χ4n) is 4.47. The van der Waals surface area contributed by atoms with Gasteiger partial charge >= 0.3 is 0 Å². The zero-order valence-electron chi connectivity index (χ0n) is 16.9. The van der Waals surface area contributed by atoms with Crippen LogP contribution >= 0.6 is 0 Å². The van der Waals surface area contributed by atoms with Crippen LogP contribution in [0.25, 0.3) is 0 Å². The zero-order valence-corrected chi connectivity index (χ0v) is 16.9. The largest absolute Gasteiger partial charge is 0.496 e. The first-order valence-corrected chi connectivity index (χ1v) is 10.4. The third-order valence-electron chi connectivity index (χ3n) is 6.02. The summed E-state index contributed by atoms with van der Waals surface area (Å²) in [7, 11) is 1.71. The van der Waals surface area contributed by atoms with Gasteiger partial charge in [-0.05, 0) is 45.1 Å².